The maximum absolute atomic E-state index is 12.3. The fourth-order valence-electron chi connectivity index (χ4n) is 2.29. The maximum Gasteiger partial charge on any atom is 0.389 e. The van der Waals surface area contributed by atoms with E-state index in [1.54, 1.807) is 37.6 Å². The van der Waals surface area contributed by atoms with Crippen LogP contribution in [-0.4, -0.2) is 18.1 Å². The van der Waals surface area contributed by atoms with Crippen molar-refractivity contribution in [2.24, 2.45) is 0 Å². The number of hydrogen-bond acceptors (Lipinski definition) is 3. The van der Waals surface area contributed by atoms with Gasteiger partial charge in [-0.3, -0.25) is 0 Å². The highest BCUT2D eigenvalue weighted by Gasteiger charge is 2.28. The number of hydrogen-bond donors (Lipinski definition) is 2. The van der Waals surface area contributed by atoms with Crippen molar-refractivity contribution in [2.75, 3.05) is 7.11 Å². The number of amides is 1. The molecule has 100 valence electrons. The largest absolute Gasteiger partial charge is 0.500 e. The number of rotatable bonds is 2. The molecule has 0 bridgehead atoms. The normalized spacial score (nSPS) is 17.4. The van der Waals surface area contributed by atoms with Crippen molar-refractivity contribution in [1.29, 1.82) is 0 Å². The van der Waals surface area contributed by atoms with Crippen molar-refractivity contribution in [3.05, 3.63) is 59.0 Å². The molecule has 1 amide bonds. The topological polar surface area (TPSA) is 51.0 Å². The van der Waals surface area contributed by atoms with Crippen LogP contribution >= 0.6 is 0 Å². The van der Waals surface area contributed by atoms with Crippen molar-refractivity contribution < 1.29 is 19.5 Å². The molecule has 2 aromatic rings. The van der Waals surface area contributed by atoms with Crippen molar-refractivity contribution in [2.45, 2.75) is 0 Å². The van der Waals surface area contributed by atoms with Crippen LogP contribution in [0, 0.1) is 0 Å². The number of carbonyl (C=O) groups is 1. The molecular formula is C16H14NO3+. The van der Waals surface area contributed by atoms with Crippen LogP contribution in [0.15, 0.2) is 48.5 Å². The zero-order chi connectivity index (χ0) is 14.1. The molecular weight excluding hydrogens is 254 g/mol. The van der Waals surface area contributed by atoms with E-state index in [4.69, 9.17) is 4.74 Å². The van der Waals surface area contributed by atoms with Crippen LogP contribution in [0.2, 0.25) is 0 Å². The molecule has 1 atom stereocenters. The van der Waals surface area contributed by atoms with Crippen molar-refractivity contribution >= 4 is 23.6 Å². The van der Waals surface area contributed by atoms with Gasteiger partial charge in [-0.05, 0) is 18.2 Å². The van der Waals surface area contributed by atoms with Crippen LogP contribution in [0.25, 0.3) is 12.0 Å². The Morgan fingerprint density at radius 1 is 1.05 bits per heavy atom. The highest BCUT2D eigenvalue weighted by atomic mass is 16.5. The van der Waals surface area contributed by atoms with Crippen molar-refractivity contribution in [1.82, 2.24) is 0 Å². The van der Waals surface area contributed by atoms with Crippen LogP contribution in [0.3, 0.4) is 0 Å². The summed E-state index contributed by atoms with van der Waals surface area (Å²) in [6, 6.07) is 14.5. The predicted molar refractivity (Wildman–Crippen MR) is 74.8 cm³/mol. The fourth-order valence-corrected chi connectivity index (χ4v) is 2.29. The second-order valence-corrected chi connectivity index (χ2v) is 4.55. The van der Waals surface area contributed by atoms with E-state index in [9.17, 15) is 9.90 Å². The second kappa shape index (κ2) is 4.83. The lowest BCUT2D eigenvalue weighted by Crippen LogP contribution is -3.06. The third kappa shape index (κ3) is 1.96. The summed E-state index contributed by atoms with van der Waals surface area (Å²) in [6.07, 6.45) is 1.80. The van der Waals surface area contributed by atoms with Crippen molar-refractivity contribution in [3.63, 3.8) is 0 Å². The average molecular weight is 268 g/mol. The van der Waals surface area contributed by atoms with Crippen LogP contribution < -0.4 is 20.1 Å². The molecule has 4 heteroatoms. The molecule has 4 nitrogen and oxygen atoms in total. The SMILES string of the molecule is COc1ccc([NH+]2C=c3ccccc3=C(O)C2=O)cc1. The first-order chi connectivity index (χ1) is 9.70. The Kier molecular flexibility index (Phi) is 3.00. The molecule has 0 aliphatic carbocycles. The first-order valence-corrected chi connectivity index (χ1v) is 6.27. The molecule has 0 aromatic heterocycles. The van der Waals surface area contributed by atoms with Gasteiger partial charge in [-0.1, -0.05) is 18.2 Å². The Morgan fingerprint density at radius 3 is 2.45 bits per heavy atom. The number of nitrogens with one attached hydrogen (secondary N) is 1. The lowest BCUT2D eigenvalue weighted by Gasteiger charge is -2.15. The van der Waals surface area contributed by atoms with Gasteiger partial charge in [0.25, 0.3) is 0 Å². The number of methoxy groups -OCH3 is 1. The number of aliphatic hydroxyl groups excluding tert-OH is 1. The van der Waals surface area contributed by atoms with Gasteiger partial charge in [0.1, 0.15) is 17.6 Å². The van der Waals surface area contributed by atoms with Gasteiger partial charge in [0, 0.05) is 22.6 Å². The first kappa shape index (κ1) is 12.4. The summed E-state index contributed by atoms with van der Waals surface area (Å²) in [6.45, 7) is 0. The van der Waals surface area contributed by atoms with Gasteiger partial charge < -0.3 is 9.84 Å². The molecule has 0 saturated carbocycles. The molecule has 2 N–H and O–H groups in total. The molecule has 0 saturated heterocycles. The molecule has 0 radical (unpaired) electrons. The third-order valence-corrected chi connectivity index (χ3v) is 3.38. The Hall–Kier alpha value is -2.59. The van der Waals surface area contributed by atoms with Gasteiger partial charge in [0.2, 0.25) is 5.76 Å². The van der Waals surface area contributed by atoms with E-state index < -0.39 is 0 Å². The van der Waals surface area contributed by atoms with Gasteiger partial charge in [0.05, 0.1) is 7.11 Å². The first-order valence-electron chi connectivity index (χ1n) is 6.27. The quantitative estimate of drug-likeness (QED) is 0.797. The van der Waals surface area contributed by atoms with Gasteiger partial charge in [-0.25, -0.2) is 9.69 Å². The number of quaternary nitrogens is 1. The predicted octanol–water partition coefficient (Wildman–Crippen LogP) is -0.144. The molecule has 1 aliphatic heterocycles. The van der Waals surface area contributed by atoms with E-state index in [1.807, 2.05) is 24.3 Å². The van der Waals surface area contributed by atoms with E-state index in [2.05, 4.69) is 0 Å². The molecule has 1 unspecified atom stereocenters. The Bertz CT molecular complexity index is 778. The summed E-state index contributed by atoms with van der Waals surface area (Å²) in [5.41, 5.74) is 0.761. The van der Waals surface area contributed by atoms with E-state index in [1.165, 1.54) is 0 Å². The summed E-state index contributed by atoms with van der Waals surface area (Å²) >= 11 is 0. The molecule has 20 heavy (non-hydrogen) atoms. The smallest absolute Gasteiger partial charge is 0.389 e. The van der Waals surface area contributed by atoms with E-state index in [0.29, 0.717) is 10.1 Å². The maximum atomic E-state index is 12.3. The zero-order valence-electron chi connectivity index (χ0n) is 11.0. The minimum atomic E-state index is -0.353. The highest BCUT2D eigenvalue weighted by Crippen LogP contribution is 2.12. The van der Waals surface area contributed by atoms with Gasteiger partial charge in [-0.2, -0.15) is 0 Å². The van der Waals surface area contributed by atoms with E-state index >= 15 is 0 Å². The van der Waals surface area contributed by atoms with Crippen LogP contribution in [0.1, 0.15) is 0 Å². The summed E-state index contributed by atoms with van der Waals surface area (Å²) in [7, 11) is 1.59. The third-order valence-electron chi connectivity index (χ3n) is 3.38. The summed E-state index contributed by atoms with van der Waals surface area (Å²) < 4.78 is 5.10. The number of carbonyl (C=O) groups excluding carboxylic acids is 1. The number of aliphatic hydroxyl groups is 1. The molecule has 3 rings (SSSR count). The summed E-state index contributed by atoms with van der Waals surface area (Å²) in [5, 5.41) is 11.5. The van der Waals surface area contributed by atoms with Crippen LogP contribution in [-0.2, 0) is 4.79 Å². The lowest BCUT2D eigenvalue weighted by atomic mass is 10.1. The average Bonchev–Trinajstić information content (AvgIpc) is 2.51. The van der Waals surface area contributed by atoms with Crippen LogP contribution in [0.5, 0.6) is 5.75 Å². The van der Waals surface area contributed by atoms with Crippen LogP contribution in [0.4, 0.5) is 5.69 Å². The standard InChI is InChI=1S/C16H13NO3/c1-20-13-8-6-12(7-9-13)17-10-11-4-2-3-5-14(11)15(18)16(17)19/h2-10,18H,1H3/p+1. The number of ether oxygens (including phenoxy) is 1. The minimum Gasteiger partial charge on any atom is -0.500 e. The van der Waals surface area contributed by atoms with E-state index in [-0.39, 0.29) is 11.7 Å². The highest BCUT2D eigenvalue weighted by molar-refractivity contribution is 6.06. The monoisotopic (exact) mass is 268 g/mol. The fraction of sp³-hybridized carbons (Fsp3) is 0.0625. The molecule has 1 aliphatic rings. The Balaban J connectivity index is 2.12. The summed E-state index contributed by atoms with van der Waals surface area (Å²) in [5.74, 6) is 0.175. The second-order valence-electron chi connectivity index (χ2n) is 4.55. The molecule has 0 fully saturated rings. The molecule has 0 spiro atoms. The van der Waals surface area contributed by atoms with Crippen molar-refractivity contribution in [3.8, 4) is 5.75 Å². The minimum absolute atomic E-state index is 0.200. The molecule has 2 aromatic carbocycles. The Morgan fingerprint density at radius 2 is 1.75 bits per heavy atom. The molecule has 1 heterocycles. The lowest BCUT2D eigenvalue weighted by molar-refractivity contribution is -0.652. The zero-order valence-corrected chi connectivity index (χ0v) is 11.0. The summed E-state index contributed by atoms with van der Waals surface area (Å²) in [4.78, 5) is 12.7. The van der Waals surface area contributed by atoms with Gasteiger partial charge in [-0.15, -0.1) is 0 Å². The number of fused-ring (bicyclic) bond motifs is 1. The number of benzene rings is 2. The van der Waals surface area contributed by atoms with Gasteiger partial charge in [0.15, 0.2) is 0 Å². The Labute approximate surface area is 115 Å². The van der Waals surface area contributed by atoms with Gasteiger partial charge >= 0.3 is 5.91 Å². The van der Waals surface area contributed by atoms with E-state index in [0.717, 1.165) is 16.7 Å².